The molecule has 1 heteroatoms. The van der Waals surface area contributed by atoms with Crippen LogP contribution in [0.2, 0.25) is 0 Å². The third kappa shape index (κ3) is 1.16. The first-order chi connectivity index (χ1) is 7.23. The Kier molecular flexibility index (Phi) is 1.73. The quantitative estimate of drug-likeness (QED) is 0.674. The summed E-state index contributed by atoms with van der Waals surface area (Å²) in [4.78, 5) is 0. The molecule has 0 aromatic heterocycles. The fraction of sp³-hybridized carbons (Fsp3) is 0.429. The van der Waals surface area contributed by atoms with Gasteiger partial charge in [-0.25, -0.2) is 0 Å². The van der Waals surface area contributed by atoms with Crippen LogP contribution in [0.5, 0.6) is 5.75 Å². The molecule has 0 saturated heterocycles. The van der Waals surface area contributed by atoms with Gasteiger partial charge in [-0.3, -0.25) is 0 Å². The molecule has 2 aliphatic rings. The van der Waals surface area contributed by atoms with Crippen molar-refractivity contribution in [2.75, 3.05) is 7.11 Å². The fourth-order valence-electron chi connectivity index (χ4n) is 3.04. The maximum Gasteiger partial charge on any atom is 0.119 e. The molecule has 1 aromatic rings. The van der Waals surface area contributed by atoms with Crippen LogP contribution in [0.3, 0.4) is 0 Å². The topological polar surface area (TPSA) is 9.23 Å². The Morgan fingerprint density at radius 2 is 2.20 bits per heavy atom. The molecule has 0 N–H and O–H groups in total. The van der Waals surface area contributed by atoms with Crippen molar-refractivity contribution in [3.8, 4) is 5.75 Å². The maximum atomic E-state index is 5.29. The number of methoxy groups -OCH3 is 1. The van der Waals surface area contributed by atoms with Crippen molar-refractivity contribution in [2.45, 2.75) is 26.2 Å². The number of rotatable bonds is 1. The van der Waals surface area contributed by atoms with Gasteiger partial charge in [0, 0.05) is 0 Å². The van der Waals surface area contributed by atoms with Gasteiger partial charge in [0.2, 0.25) is 0 Å². The Bertz CT molecular complexity index is 445. The molecule has 1 atom stereocenters. The summed E-state index contributed by atoms with van der Waals surface area (Å²) in [7, 11) is 1.74. The van der Waals surface area contributed by atoms with Crippen LogP contribution in [0.1, 0.15) is 30.9 Å². The predicted octanol–water partition coefficient (Wildman–Crippen LogP) is 3.43. The summed E-state index contributed by atoms with van der Waals surface area (Å²) in [6, 6.07) is 6.49. The van der Waals surface area contributed by atoms with Crippen molar-refractivity contribution in [3.05, 3.63) is 35.4 Å². The molecule has 15 heavy (non-hydrogen) atoms. The molecule has 0 saturated carbocycles. The first-order valence-electron chi connectivity index (χ1n) is 5.61. The highest BCUT2D eigenvalue weighted by Gasteiger charge is 2.39. The van der Waals surface area contributed by atoms with E-state index in [4.69, 9.17) is 4.74 Å². The molecular formula is C14H16O. The Morgan fingerprint density at radius 1 is 1.33 bits per heavy atom. The van der Waals surface area contributed by atoms with Crippen LogP contribution in [-0.4, -0.2) is 7.11 Å². The summed E-state index contributed by atoms with van der Waals surface area (Å²) >= 11 is 0. The number of fused-ring (bicyclic) bond motifs is 3. The number of allylic oxidation sites excluding steroid dienone is 2. The molecule has 78 valence electrons. The fourth-order valence-corrected chi connectivity index (χ4v) is 3.04. The van der Waals surface area contributed by atoms with Gasteiger partial charge in [-0.1, -0.05) is 19.1 Å². The van der Waals surface area contributed by atoms with E-state index in [1.165, 1.54) is 30.4 Å². The average Bonchev–Trinajstić information content (AvgIpc) is 2.71. The van der Waals surface area contributed by atoms with Gasteiger partial charge in [-0.2, -0.15) is 0 Å². The zero-order chi connectivity index (χ0) is 10.5. The Hall–Kier alpha value is -1.24. The second-order valence-corrected chi connectivity index (χ2v) is 4.92. The van der Waals surface area contributed by atoms with E-state index in [0.29, 0.717) is 5.41 Å². The Balaban J connectivity index is 2.15. The summed E-state index contributed by atoms with van der Waals surface area (Å²) in [6.45, 7) is 2.39. The van der Waals surface area contributed by atoms with Crippen molar-refractivity contribution in [2.24, 2.45) is 5.41 Å². The van der Waals surface area contributed by atoms with Gasteiger partial charge in [0.15, 0.2) is 0 Å². The van der Waals surface area contributed by atoms with Crippen LogP contribution in [0.4, 0.5) is 0 Å². The van der Waals surface area contributed by atoms with Gasteiger partial charge in [0.1, 0.15) is 5.75 Å². The highest BCUT2D eigenvalue weighted by molar-refractivity contribution is 5.79. The number of benzene rings is 1. The molecule has 0 spiro atoms. The Morgan fingerprint density at radius 3 is 3.00 bits per heavy atom. The third-order valence-electron chi connectivity index (χ3n) is 3.88. The standard InChI is InChI=1S/C14H16O/c1-14-7-3-4-13(14)12-8-11(15-2)6-5-10(12)9-14/h4-6,8H,3,7,9H2,1-2H3. The first kappa shape index (κ1) is 9.02. The van der Waals surface area contributed by atoms with Gasteiger partial charge in [-0.05, 0) is 53.5 Å². The number of hydrogen-bond acceptors (Lipinski definition) is 1. The van der Waals surface area contributed by atoms with Crippen LogP contribution in [0.25, 0.3) is 5.57 Å². The van der Waals surface area contributed by atoms with Crippen molar-refractivity contribution >= 4 is 5.57 Å². The number of hydrogen-bond donors (Lipinski definition) is 0. The lowest BCUT2D eigenvalue weighted by Crippen LogP contribution is -2.10. The van der Waals surface area contributed by atoms with Crippen molar-refractivity contribution in [1.82, 2.24) is 0 Å². The maximum absolute atomic E-state index is 5.29. The highest BCUT2D eigenvalue weighted by Crippen LogP contribution is 2.53. The molecule has 0 heterocycles. The molecule has 1 aromatic carbocycles. The molecular weight excluding hydrogens is 184 g/mol. The molecule has 1 unspecified atom stereocenters. The second kappa shape index (κ2) is 2.88. The van der Waals surface area contributed by atoms with Crippen molar-refractivity contribution in [1.29, 1.82) is 0 Å². The third-order valence-corrected chi connectivity index (χ3v) is 3.88. The minimum Gasteiger partial charge on any atom is -0.497 e. The van der Waals surface area contributed by atoms with E-state index < -0.39 is 0 Å². The van der Waals surface area contributed by atoms with Crippen LogP contribution in [-0.2, 0) is 6.42 Å². The predicted molar refractivity (Wildman–Crippen MR) is 62.0 cm³/mol. The molecule has 0 aliphatic heterocycles. The summed E-state index contributed by atoms with van der Waals surface area (Å²) in [5.74, 6) is 0.978. The van der Waals surface area contributed by atoms with Crippen LogP contribution in [0.15, 0.2) is 24.3 Å². The molecule has 3 rings (SSSR count). The summed E-state index contributed by atoms with van der Waals surface area (Å²) in [5.41, 5.74) is 4.88. The van der Waals surface area contributed by atoms with E-state index in [1.807, 2.05) is 0 Å². The van der Waals surface area contributed by atoms with Crippen LogP contribution < -0.4 is 4.74 Å². The van der Waals surface area contributed by atoms with Gasteiger partial charge in [0.25, 0.3) is 0 Å². The van der Waals surface area contributed by atoms with E-state index in [9.17, 15) is 0 Å². The summed E-state index contributed by atoms with van der Waals surface area (Å²) in [6.07, 6.45) is 6.16. The lowest BCUT2D eigenvalue weighted by molar-refractivity contribution is 0.414. The largest absolute Gasteiger partial charge is 0.497 e. The van der Waals surface area contributed by atoms with Gasteiger partial charge in [-0.15, -0.1) is 0 Å². The molecule has 0 bridgehead atoms. The monoisotopic (exact) mass is 200 g/mol. The second-order valence-electron chi connectivity index (χ2n) is 4.92. The molecule has 0 radical (unpaired) electrons. The number of ether oxygens (including phenoxy) is 1. The molecule has 2 aliphatic carbocycles. The highest BCUT2D eigenvalue weighted by atomic mass is 16.5. The molecule has 0 amide bonds. The summed E-state index contributed by atoms with van der Waals surface area (Å²) < 4.78 is 5.29. The average molecular weight is 200 g/mol. The van der Waals surface area contributed by atoms with E-state index in [1.54, 1.807) is 12.7 Å². The van der Waals surface area contributed by atoms with E-state index >= 15 is 0 Å². The normalized spacial score (nSPS) is 27.2. The summed E-state index contributed by atoms with van der Waals surface area (Å²) in [5, 5.41) is 0. The van der Waals surface area contributed by atoms with E-state index in [2.05, 4.69) is 31.2 Å². The zero-order valence-electron chi connectivity index (χ0n) is 9.34. The van der Waals surface area contributed by atoms with Crippen LogP contribution >= 0.6 is 0 Å². The molecule has 0 fully saturated rings. The first-order valence-corrected chi connectivity index (χ1v) is 5.61. The minimum atomic E-state index is 0.411. The zero-order valence-corrected chi connectivity index (χ0v) is 9.34. The van der Waals surface area contributed by atoms with Gasteiger partial charge < -0.3 is 4.74 Å². The van der Waals surface area contributed by atoms with E-state index in [-0.39, 0.29) is 0 Å². The Labute approximate surface area is 90.8 Å². The van der Waals surface area contributed by atoms with Gasteiger partial charge in [0.05, 0.1) is 7.11 Å². The van der Waals surface area contributed by atoms with Gasteiger partial charge >= 0.3 is 0 Å². The van der Waals surface area contributed by atoms with E-state index in [0.717, 1.165) is 5.75 Å². The smallest absolute Gasteiger partial charge is 0.119 e. The lowest BCUT2D eigenvalue weighted by atomic mass is 9.84. The van der Waals surface area contributed by atoms with Crippen LogP contribution in [0, 0.1) is 5.41 Å². The SMILES string of the molecule is COc1ccc2c(c1)C1=CCCC1(C)C2. The van der Waals surface area contributed by atoms with Crippen molar-refractivity contribution < 1.29 is 4.74 Å². The molecule has 1 nitrogen and oxygen atoms in total. The van der Waals surface area contributed by atoms with Crippen molar-refractivity contribution in [3.63, 3.8) is 0 Å². The lowest BCUT2D eigenvalue weighted by Gasteiger charge is -2.19. The minimum absolute atomic E-state index is 0.411.